The average molecular weight is 311 g/mol. The van der Waals surface area contributed by atoms with E-state index in [-0.39, 0.29) is 17.1 Å². The summed E-state index contributed by atoms with van der Waals surface area (Å²) in [4.78, 5) is 29.4. The van der Waals surface area contributed by atoms with Gasteiger partial charge in [0.05, 0.1) is 27.8 Å². The molecule has 1 aromatic carbocycles. The molecule has 0 unspecified atom stereocenters. The van der Waals surface area contributed by atoms with Gasteiger partial charge in [-0.25, -0.2) is 4.98 Å². The molecule has 1 aliphatic rings. The number of hydrogen-bond donors (Lipinski definition) is 0. The summed E-state index contributed by atoms with van der Waals surface area (Å²) in [6.07, 6.45) is 1.37. The maximum absolute atomic E-state index is 12.1. The highest BCUT2D eigenvalue weighted by Crippen LogP contribution is 2.40. The van der Waals surface area contributed by atoms with Gasteiger partial charge >= 0.3 is 0 Å². The van der Waals surface area contributed by atoms with Gasteiger partial charge in [0, 0.05) is 7.05 Å². The number of aryl methyl sites for hydroxylation is 1. The number of anilines is 1. The Labute approximate surface area is 123 Å². The first-order valence-electron chi connectivity index (χ1n) is 5.67. The number of aromatic nitrogens is 3. The minimum atomic E-state index is -0.669. The second-order valence-corrected chi connectivity index (χ2v) is 5.09. The van der Waals surface area contributed by atoms with Crippen molar-refractivity contribution in [1.29, 1.82) is 0 Å². The Balaban J connectivity index is 2.11. The number of Topliss-reactive ketones (excluding diaryl/α,β-unsaturated/α-hetero) is 1. The van der Waals surface area contributed by atoms with E-state index in [0.717, 1.165) is 0 Å². The molecule has 0 saturated heterocycles. The van der Waals surface area contributed by atoms with E-state index in [9.17, 15) is 9.59 Å². The minimum Gasteiger partial charge on any atom is -0.296 e. The van der Waals surface area contributed by atoms with Crippen LogP contribution in [0.1, 0.15) is 16.2 Å². The number of halogens is 2. The average Bonchev–Trinajstić information content (AvgIpc) is 2.92. The summed E-state index contributed by atoms with van der Waals surface area (Å²) in [7, 11) is 1.70. The number of ketones is 1. The van der Waals surface area contributed by atoms with E-state index < -0.39 is 11.7 Å². The lowest BCUT2D eigenvalue weighted by molar-refractivity contribution is -0.114. The van der Waals surface area contributed by atoms with Crippen molar-refractivity contribution in [1.82, 2.24) is 14.8 Å². The number of carbonyl (C=O) groups is 2. The number of carbonyl (C=O) groups excluding carboxylic acids is 2. The molecule has 0 atom stereocenters. The Morgan fingerprint density at radius 1 is 1.20 bits per heavy atom. The Morgan fingerprint density at radius 3 is 2.55 bits per heavy atom. The Bertz CT molecular complexity index is 741. The summed E-state index contributed by atoms with van der Waals surface area (Å²) in [6.45, 7) is 0.105. The third-order valence-electron chi connectivity index (χ3n) is 3.12. The van der Waals surface area contributed by atoms with E-state index in [1.165, 1.54) is 22.0 Å². The second-order valence-electron chi connectivity index (χ2n) is 4.27. The minimum absolute atomic E-state index is 0.105. The zero-order valence-corrected chi connectivity index (χ0v) is 11.8. The van der Waals surface area contributed by atoms with Crippen molar-refractivity contribution in [3.8, 4) is 0 Å². The fourth-order valence-corrected chi connectivity index (χ4v) is 2.61. The van der Waals surface area contributed by atoms with E-state index in [1.54, 1.807) is 13.1 Å². The summed E-state index contributed by atoms with van der Waals surface area (Å²) >= 11 is 12.1. The van der Waals surface area contributed by atoms with Gasteiger partial charge in [0.15, 0.2) is 0 Å². The number of amides is 1. The molecule has 102 valence electrons. The van der Waals surface area contributed by atoms with Crippen LogP contribution < -0.4 is 4.90 Å². The van der Waals surface area contributed by atoms with Gasteiger partial charge in [-0.2, -0.15) is 5.10 Å². The van der Waals surface area contributed by atoms with Crippen LogP contribution >= 0.6 is 23.2 Å². The van der Waals surface area contributed by atoms with Crippen LogP contribution in [-0.2, 0) is 18.4 Å². The van der Waals surface area contributed by atoms with Gasteiger partial charge in [-0.05, 0) is 12.1 Å². The van der Waals surface area contributed by atoms with Gasteiger partial charge in [0.1, 0.15) is 12.2 Å². The molecule has 6 nitrogen and oxygen atoms in total. The molecule has 0 fully saturated rings. The van der Waals surface area contributed by atoms with Crippen molar-refractivity contribution < 1.29 is 9.59 Å². The predicted octanol–water partition coefficient (Wildman–Crippen LogP) is 1.85. The first-order chi connectivity index (χ1) is 9.50. The summed E-state index contributed by atoms with van der Waals surface area (Å²) in [5, 5.41) is 4.43. The quantitative estimate of drug-likeness (QED) is 0.794. The van der Waals surface area contributed by atoms with E-state index in [1.807, 2.05) is 0 Å². The largest absolute Gasteiger partial charge is 0.300 e. The molecule has 2 aromatic rings. The first kappa shape index (κ1) is 13.1. The summed E-state index contributed by atoms with van der Waals surface area (Å²) < 4.78 is 1.52. The van der Waals surface area contributed by atoms with E-state index in [4.69, 9.17) is 23.2 Å². The third-order valence-corrected chi connectivity index (χ3v) is 3.74. The van der Waals surface area contributed by atoms with Gasteiger partial charge in [-0.3, -0.25) is 19.2 Å². The highest BCUT2D eigenvalue weighted by Gasteiger charge is 2.39. The van der Waals surface area contributed by atoms with E-state index in [0.29, 0.717) is 16.5 Å². The molecular formula is C12H8Cl2N4O2. The topological polar surface area (TPSA) is 68.1 Å². The Kier molecular flexibility index (Phi) is 2.99. The molecule has 3 rings (SSSR count). The van der Waals surface area contributed by atoms with Crippen LogP contribution in [0.2, 0.25) is 10.0 Å². The molecule has 1 aliphatic heterocycles. The molecule has 0 aliphatic carbocycles. The zero-order chi connectivity index (χ0) is 14.4. The molecule has 1 amide bonds. The van der Waals surface area contributed by atoms with Crippen LogP contribution in [0.3, 0.4) is 0 Å². The van der Waals surface area contributed by atoms with Crippen LogP contribution in [-0.4, -0.2) is 26.5 Å². The zero-order valence-electron chi connectivity index (χ0n) is 10.3. The molecule has 1 aromatic heterocycles. The van der Waals surface area contributed by atoms with Crippen molar-refractivity contribution in [2.75, 3.05) is 4.90 Å². The van der Waals surface area contributed by atoms with Gasteiger partial charge < -0.3 is 0 Å². The van der Waals surface area contributed by atoms with Crippen LogP contribution in [0.4, 0.5) is 5.69 Å². The molecule has 0 bridgehead atoms. The molecule has 0 spiro atoms. The number of rotatable bonds is 2. The molecule has 8 heteroatoms. The van der Waals surface area contributed by atoms with Crippen molar-refractivity contribution in [3.63, 3.8) is 0 Å². The van der Waals surface area contributed by atoms with Gasteiger partial charge in [0.25, 0.3) is 11.7 Å². The van der Waals surface area contributed by atoms with Gasteiger partial charge in [-0.15, -0.1) is 0 Å². The van der Waals surface area contributed by atoms with E-state index in [2.05, 4.69) is 10.1 Å². The number of nitrogens with zero attached hydrogens (tertiary/aromatic N) is 4. The fourth-order valence-electron chi connectivity index (χ4n) is 2.11. The highest BCUT2D eigenvalue weighted by atomic mass is 35.5. The smallest absolute Gasteiger partial charge is 0.296 e. The standard InChI is InChI=1S/C12H8Cl2N4O2/c1-17-8(15-5-16-17)4-18-10-7(14)3-2-6(13)9(10)11(19)12(18)20/h2-3,5H,4H2,1H3. The van der Waals surface area contributed by atoms with Crippen LogP contribution in [0.15, 0.2) is 18.5 Å². The first-order valence-corrected chi connectivity index (χ1v) is 6.43. The second kappa shape index (κ2) is 4.57. The van der Waals surface area contributed by atoms with Crippen LogP contribution in [0.25, 0.3) is 0 Å². The highest BCUT2D eigenvalue weighted by molar-refractivity contribution is 6.56. The lowest BCUT2D eigenvalue weighted by Crippen LogP contribution is -2.30. The van der Waals surface area contributed by atoms with Crippen molar-refractivity contribution in [3.05, 3.63) is 39.9 Å². The van der Waals surface area contributed by atoms with Crippen molar-refractivity contribution in [2.45, 2.75) is 6.54 Å². The van der Waals surface area contributed by atoms with Gasteiger partial charge in [0.2, 0.25) is 0 Å². The van der Waals surface area contributed by atoms with Crippen LogP contribution in [0.5, 0.6) is 0 Å². The maximum Gasteiger partial charge on any atom is 0.300 e. The molecule has 0 N–H and O–H groups in total. The summed E-state index contributed by atoms with van der Waals surface area (Å²) in [6, 6.07) is 3.05. The van der Waals surface area contributed by atoms with Crippen molar-refractivity contribution >= 4 is 40.6 Å². The Morgan fingerprint density at radius 2 is 1.90 bits per heavy atom. The van der Waals surface area contributed by atoms with Crippen molar-refractivity contribution in [2.24, 2.45) is 7.05 Å². The number of hydrogen-bond acceptors (Lipinski definition) is 4. The summed E-state index contributed by atoms with van der Waals surface area (Å²) in [5.74, 6) is -0.789. The molecule has 0 saturated carbocycles. The predicted molar refractivity (Wildman–Crippen MR) is 73.0 cm³/mol. The molecule has 2 heterocycles. The normalized spacial score (nSPS) is 14.1. The fraction of sp³-hybridized carbons (Fsp3) is 0.167. The summed E-state index contributed by atoms with van der Waals surface area (Å²) in [5.41, 5.74) is 0.475. The molecule has 20 heavy (non-hydrogen) atoms. The monoisotopic (exact) mass is 310 g/mol. The third kappa shape index (κ3) is 1.80. The van der Waals surface area contributed by atoms with Crippen LogP contribution in [0, 0.1) is 0 Å². The number of fused-ring (bicyclic) bond motifs is 1. The lowest BCUT2D eigenvalue weighted by atomic mass is 10.1. The number of benzene rings is 1. The maximum atomic E-state index is 12.1. The molecule has 0 radical (unpaired) electrons. The SMILES string of the molecule is Cn1ncnc1CN1C(=O)C(=O)c2c(Cl)ccc(Cl)c21. The Hall–Kier alpha value is -1.92. The van der Waals surface area contributed by atoms with Gasteiger partial charge in [-0.1, -0.05) is 23.2 Å². The lowest BCUT2D eigenvalue weighted by Gasteiger charge is -2.17. The molecular weight excluding hydrogens is 303 g/mol. The van der Waals surface area contributed by atoms with E-state index >= 15 is 0 Å².